The topological polar surface area (TPSA) is 68.3 Å². The summed E-state index contributed by atoms with van der Waals surface area (Å²) in [7, 11) is 0. The van der Waals surface area contributed by atoms with Crippen LogP contribution < -0.4 is 5.32 Å². The first-order valence-electron chi connectivity index (χ1n) is 7.40. The predicted octanol–water partition coefficient (Wildman–Crippen LogP) is 4.40. The number of aromatic nitrogens is 1. The van der Waals surface area contributed by atoms with Gasteiger partial charge in [-0.2, -0.15) is 0 Å². The van der Waals surface area contributed by atoms with E-state index in [9.17, 15) is 9.59 Å². The molecule has 1 amide bonds. The van der Waals surface area contributed by atoms with Gasteiger partial charge in [-0.1, -0.05) is 35.7 Å². The zero-order valence-corrected chi connectivity index (χ0v) is 14.9. The van der Waals surface area contributed by atoms with Crippen LogP contribution in [-0.4, -0.2) is 23.5 Å². The van der Waals surface area contributed by atoms with Crippen LogP contribution in [0.25, 0.3) is 11.3 Å². The average molecular weight is 385 g/mol. The first-order chi connectivity index (χ1) is 11.5. The van der Waals surface area contributed by atoms with Crippen molar-refractivity contribution in [2.45, 2.75) is 19.3 Å². The van der Waals surface area contributed by atoms with E-state index in [4.69, 9.17) is 27.9 Å². The maximum atomic E-state index is 11.8. The van der Waals surface area contributed by atoms with Crippen molar-refractivity contribution in [3.63, 3.8) is 0 Å². The molecule has 1 aliphatic carbocycles. The van der Waals surface area contributed by atoms with Crippen molar-refractivity contribution >= 4 is 51.5 Å². The Bertz CT molecular complexity index is 774. The summed E-state index contributed by atoms with van der Waals surface area (Å²) in [6.45, 7) is -0.295. The number of hydrogen-bond acceptors (Lipinski definition) is 5. The number of benzene rings is 1. The molecule has 0 radical (unpaired) electrons. The Labute approximate surface area is 152 Å². The van der Waals surface area contributed by atoms with Crippen molar-refractivity contribution in [3.05, 3.63) is 33.6 Å². The lowest BCUT2D eigenvalue weighted by Gasteiger charge is -2.22. The number of halogens is 2. The van der Waals surface area contributed by atoms with Gasteiger partial charge in [0, 0.05) is 10.9 Å². The highest BCUT2D eigenvalue weighted by Crippen LogP contribution is 2.30. The van der Waals surface area contributed by atoms with Gasteiger partial charge in [0.05, 0.1) is 21.7 Å². The van der Waals surface area contributed by atoms with Gasteiger partial charge in [0.25, 0.3) is 5.91 Å². The van der Waals surface area contributed by atoms with Crippen molar-refractivity contribution < 1.29 is 14.3 Å². The highest BCUT2D eigenvalue weighted by atomic mass is 35.5. The molecule has 1 aromatic carbocycles. The van der Waals surface area contributed by atoms with E-state index in [1.54, 1.807) is 23.6 Å². The largest absolute Gasteiger partial charge is 0.455 e. The molecule has 2 aromatic rings. The lowest BCUT2D eigenvalue weighted by molar-refractivity contribution is -0.154. The molecule has 0 spiro atoms. The van der Waals surface area contributed by atoms with E-state index >= 15 is 0 Å². The third kappa shape index (κ3) is 4.06. The van der Waals surface area contributed by atoms with Gasteiger partial charge in [-0.05, 0) is 25.0 Å². The molecule has 0 saturated heterocycles. The van der Waals surface area contributed by atoms with Crippen LogP contribution in [0.3, 0.4) is 0 Å². The first kappa shape index (κ1) is 17.2. The summed E-state index contributed by atoms with van der Waals surface area (Å²) in [5.41, 5.74) is 1.48. The van der Waals surface area contributed by atoms with Crippen LogP contribution in [0, 0.1) is 5.92 Å². The maximum absolute atomic E-state index is 11.8. The molecule has 24 heavy (non-hydrogen) atoms. The molecule has 0 unspecified atom stereocenters. The number of anilines is 1. The van der Waals surface area contributed by atoms with E-state index in [0.717, 1.165) is 24.8 Å². The van der Waals surface area contributed by atoms with E-state index < -0.39 is 5.91 Å². The first-order valence-corrected chi connectivity index (χ1v) is 9.04. The van der Waals surface area contributed by atoms with Gasteiger partial charge in [0.2, 0.25) is 0 Å². The number of amides is 1. The van der Waals surface area contributed by atoms with E-state index in [1.807, 2.05) is 0 Å². The van der Waals surface area contributed by atoms with Gasteiger partial charge < -0.3 is 4.74 Å². The molecule has 5 nitrogen and oxygen atoms in total. The van der Waals surface area contributed by atoms with Crippen LogP contribution in [0.1, 0.15) is 19.3 Å². The number of esters is 1. The molecule has 0 atom stereocenters. The Kier molecular flexibility index (Phi) is 5.38. The normalized spacial score (nSPS) is 14.1. The molecule has 1 aliphatic rings. The Morgan fingerprint density at radius 2 is 2.08 bits per heavy atom. The zero-order valence-electron chi connectivity index (χ0n) is 12.6. The number of carbonyl (C=O) groups is 2. The van der Waals surface area contributed by atoms with Gasteiger partial charge in [-0.25, -0.2) is 4.98 Å². The summed E-state index contributed by atoms with van der Waals surface area (Å²) in [6, 6.07) is 5.21. The minimum Gasteiger partial charge on any atom is -0.455 e. The molecule has 8 heteroatoms. The van der Waals surface area contributed by atoms with Crippen LogP contribution in [0.15, 0.2) is 23.6 Å². The van der Waals surface area contributed by atoms with Gasteiger partial charge in [-0.15, -0.1) is 11.3 Å². The van der Waals surface area contributed by atoms with Crippen LogP contribution >= 0.6 is 34.5 Å². The molecule has 0 bridgehead atoms. The smallest absolute Gasteiger partial charge is 0.309 e. The Hall–Kier alpha value is -1.63. The maximum Gasteiger partial charge on any atom is 0.309 e. The standard InChI is InChI=1S/C16H14Cl2N2O3S/c17-11-5-4-10(6-12(11)18)13-8-24-16(19-13)20-14(21)7-23-15(22)9-2-1-3-9/h4-6,8-9H,1-3,7H2,(H,19,20,21). The molecule has 3 rings (SSSR count). The minimum atomic E-state index is -0.405. The van der Waals surface area contributed by atoms with Gasteiger partial charge >= 0.3 is 5.97 Å². The summed E-state index contributed by atoms with van der Waals surface area (Å²) in [6.07, 6.45) is 2.74. The fourth-order valence-corrected chi connectivity index (χ4v) is 3.21. The highest BCUT2D eigenvalue weighted by molar-refractivity contribution is 7.14. The average Bonchev–Trinajstić information content (AvgIpc) is 2.94. The molecule has 1 N–H and O–H groups in total. The summed E-state index contributed by atoms with van der Waals surface area (Å²) >= 11 is 13.2. The van der Waals surface area contributed by atoms with E-state index in [2.05, 4.69) is 10.3 Å². The van der Waals surface area contributed by atoms with E-state index in [-0.39, 0.29) is 18.5 Å². The third-order valence-corrected chi connectivity index (χ3v) is 5.25. The van der Waals surface area contributed by atoms with Crippen LogP contribution in [0.4, 0.5) is 5.13 Å². The van der Waals surface area contributed by atoms with Crippen LogP contribution in [0.2, 0.25) is 10.0 Å². The Morgan fingerprint density at radius 1 is 1.29 bits per heavy atom. The van der Waals surface area contributed by atoms with Gasteiger partial charge in [-0.3, -0.25) is 14.9 Å². The van der Waals surface area contributed by atoms with Gasteiger partial charge in [0.1, 0.15) is 0 Å². The molecule has 1 saturated carbocycles. The number of thiazole rings is 1. The fourth-order valence-electron chi connectivity index (χ4n) is 2.17. The number of rotatable bonds is 5. The van der Waals surface area contributed by atoms with Crippen molar-refractivity contribution in [3.8, 4) is 11.3 Å². The molecule has 1 heterocycles. The van der Waals surface area contributed by atoms with Crippen molar-refractivity contribution in [2.24, 2.45) is 5.92 Å². The minimum absolute atomic E-state index is 0.0427. The number of nitrogens with zero attached hydrogens (tertiary/aromatic N) is 1. The second-order valence-electron chi connectivity index (χ2n) is 5.45. The third-order valence-electron chi connectivity index (χ3n) is 3.75. The number of hydrogen-bond donors (Lipinski definition) is 1. The Morgan fingerprint density at radius 3 is 2.75 bits per heavy atom. The SMILES string of the molecule is O=C(COC(=O)C1CCC1)Nc1nc(-c2ccc(Cl)c(Cl)c2)cs1. The molecule has 126 valence electrons. The number of carbonyl (C=O) groups excluding carboxylic acids is 2. The molecule has 1 fully saturated rings. The second-order valence-corrected chi connectivity index (χ2v) is 7.12. The summed E-state index contributed by atoms with van der Waals surface area (Å²) < 4.78 is 4.99. The zero-order chi connectivity index (χ0) is 17.1. The van der Waals surface area contributed by atoms with Crippen LogP contribution in [-0.2, 0) is 14.3 Å². The number of ether oxygens (including phenoxy) is 1. The van der Waals surface area contributed by atoms with E-state index in [1.165, 1.54) is 11.3 Å². The molecular formula is C16H14Cl2N2O3S. The van der Waals surface area contributed by atoms with Crippen molar-refractivity contribution in [1.29, 1.82) is 0 Å². The Balaban J connectivity index is 1.56. The summed E-state index contributed by atoms with van der Waals surface area (Å²) in [4.78, 5) is 27.7. The highest BCUT2D eigenvalue weighted by Gasteiger charge is 2.27. The van der Waals surface area contributed by atoms with Crippen molar-refractivity contribution in [1.82, 2.24) is 4.98 Å². The van der Waals surface area contributed by atoms with Gasteiger partial charge in [0.15, 0.2) is 11.7 Å². The monoisotopic (exact) mass is 384 g/mol. The lowest BCUT2D eigenvalue weighted by Crippen LogP contribution is -2.28. The lowest BCUT2D eigenvalue weighted by atomic mass is 9.86. The summed E-state index contributed by atoms with van der Waals surface area (Å²) in [5.74, 6) is -0.747. The van der Waals surface area contributed by atoms with Crippen molar-refractivity contribution in [2.75, 3.05) is 11.9 Å². The molecule has 1 aromatic heterocycles. The summed E-state index contributed by atoms with van der Waals surface area (Å²) in [5, 5.41) is 5.76. The van der Waals surface area contributed by atoms with E-state index in [0.29, 0.717) is 20.9 Å². The quantitative estimate of drug-likeness (QED) is 0.775. The predicted molar refractivity (Wildman–Crippen MR) is 94.5 cm³/mol. The molecular weight excluding hydrogens is 371 g/mol. The fraction of sp³-hybridized carbons (Fsp3) is 0.312. The number of nitrogens with one attached hydrogen (secondary N) is 1. The van der Waals surface area contributed by atoms with Crippen LogP contribution in [0.5, 0.6) is 0 Å². The molecule has 0 aliphatic heterocycles. The second kappa shape index (κ2) is 7.51.